The number of ether oxygens (including phenoxy) is 1. The number of hydrogen-bond donors (Lipinski definition) is 1. The van der Waals surface area contributed by atoms with Crippen LogP contribution in [-0.4, -0.2) is 11.1 Å². The van der Waals surface area contributed by atoms with Gasteiger partial charge in [0.1, 0.15) is 0 Å². The highest BCUT2D eigenvalue weighted by molar-refractivity contribution is 5.13. The minimum atomic E-state index is 0.449. The predicted molar refractivity (Wildman–Crippen MR) is 63.8 cm³/mol. The maximum atomic E-state index is 5.85. The van der Waals surface area contributed by atoms with Gasteiger partial charge in [-0.2, -0.15) is 0 Å². The van der Waals surface area contributed by atoms with Gasteiger partial charge in [-0.3, -0.25) is 4.98 Å². The lowest BCUT2D eigenvalue weighted by molar-refractivity contribution is 0.0152. The summed E-state index contributed by atoms with van der Waals surface area (Å²) in [5.74, 6) is 0. The summed E-state index contributed by atoms with van der Waals surface area (Å²) in [6, 6.07) is 4.03. The van der Waals surface area contributed by atoms with Crippen molar-refractivity contribution in [3.63, 3.8) is 0 Å². The molecule has 0 aromatic carbocycles. The fourth-order valence-corrected chi connectivity index (χ4v) is 2.10. The van der Waals surface area contributed by atoms with Gasteiger partial charge in [0.05, 0.1) is 18.4 Å². The Morgan fingerprint density at radius 3 is 2.69 bits per heavy atom. The van der Waals surface area contributed by atoms with Crippen LogP contribution in [0.15, 0.2) is 18.3 Å². The van der Waals surface area contributed by atoms with E-state index in [0.717, 1.165) is 11.3 Å². The topological polar surface area (TPSA) is 48.1 Å². The molecular formula is C13H20N2O. The van der Waals surface area contributed by atoms with Crippen LogP contribution in [-0.2, 0) is 17.9 Å². The molecule has 3 nitrogen and oxygen atoms in total. The molecule has 3 heteroatoms. The SMILES string of the molecule is NCc1ccc(COC2CCCCC2)nc1. The molecule has 0 aliphatic heterocycles. The van der Waals surface area contributed by atoms with Gasteiger partial charge in [0.25, 0.3) is 0 Å². The van der Waals surface area contributed by atoms with Crippen LogP contribution in [0.2, 0.25) is 0 Å². The molecule has 16 heavy (non-hydrogen) atoms. The van der Waals surface area contributed by atoms with E-state index in [1.54, 1.807) is 0 Å². The van der Waals surface area contributed by atoms with Crippen LogP contribution in [0.4, 0.5) is 0 Å². The maximum absolute atomic E-state index is 5.85. The van der Waals surface area contributed by atoms with Gasteiger partial charge in [0.15, 0.2) is 0 Å². The van der Waals surface area contributed by atoms with Crippen LogP contribution in [0.5, 0.6) is 0 Å². The van der Waals surface area contributed by atoms with E-state index in [9.17, 15) is 0 Å². The lowest BCUT2D eigenvalue weighted by atomic mass is 9.98. The van der Waals surface area contributed by atoms with Crippen LogP contribution in [0, 0.1) is 0 Å². The molecule has 0 unspecified atom stereocenters. The molecule has 2 rings (SSSR count). The molecule has 88 valence electrons. The van der Waals surface area contributed by atoms with Gasteiger partial charge in [-0.25, -0.2) is 0 Å². The van der Waals surface area contributed by atoms with Crippen LogP contribution < -0.4 is 5.73 Å². The number of nitrogens with zero attached hydrogens (tertiary/aromatic N) is 1. The fourth-order valence-electron chi connectivity index (χ4n) is 2.10. The van der Waals surface area contributed by atoms with E-state index in [2.05, 4.69) is 4.98 Å². The largest absolute Gasteiger partial charge is 0.372 e. The summed E-state index contributed by atoms with van der Waals surface area (Å²) in [6.07, 6.45) is 8.68. The third-order valence-corrected chi connectivity index (χ3v) is 3.14. The molecule has 0 spiro atoms. The summed E-state index contributed by atoms with van der Waals surface area (Å²) in [4.78, 5) is 4.33. The van der Waals surface area contributed by atoms with Gasteiger partial charge in [0.2, 0.25) is 0 Å². The highest BCUT2D eigenvalue weighted by Crippen LogP contribution is 2.21. The van der Waals surface area contributed by atoms with Crippen molar-refractivity contribution in [1.82, 2.24) is 4.98 Å². The van der Waals surface area contributed by atoms with E-state index in [1.807, 2.05) is 18.3 Å². The Morgan fingerprint density at radius 1 is 1.25 bits per heavy atom. The van der Waals surface area contributed by atoms with Crippen molar-refractivity contribution in [2.75, 3.05) is 0 Å². The van der Waals surface area contributed by atoms with E-state index in [0.29, 0.717) is 19.3 Å². The van der Waals surface area contributed by atoms with Crippen LogP contribution in [0.3, 0.4) is 0 Å². The predicted octanol–water partition coefficient (Wildman–Crippen LogP) is 2.39. The minimum absolute atomic E-state index is 0.449. The van der Waals surface area contributed by atoms with Crippen molar-refractivity contribution in [1.29, 1.82) is 0 Å². The van der Waals surface area contributed by atoms with Gasteiger partial charge in [-0.1, -0.05) is 25.3 Å². The summed E-state index contributed by atoms with van der Waals surface area (Å²) in [5, 5.41) is 0. The molecule has 0 atom stereocenters. The number of rotatable bonds is 4. The van der Waals surface area contributed by atoms with Gasteiger partial charge in [0, 0.05) is 12.7 Å². The Balaban J connectivity index is 1.79. The van der Waals surface area contributed by atoms with Crippen molar-refractivity contribution >= 4 is 0 Å². The first kappa shape index (κ1) is 11.6. The summed E-state index contributed by atoms with van der Waals surface area (Å²) >= 11 is 0. The smallest absolute Gasteiger partial charge is 0.0891 e. The first-order valence-corrected chi connectivity index (χ1v) is 6.14. The Labute approximate surface area is 97.0 Å². The normalized spacial score (nSPS) is 17.6. The highest BCUT2D eigenvalue weighted by Gasteiger charge is 2.13. The second kappa shape index (κ2) is 5.97. The van der Waals surface area contributed by atoms with Crippen molar-refractivity contribution < 1.29 is 4.74 Å². The van der Waals surface area contributed by atoms with E-state index in [1.165, 1.54) is 32.1 Å². The van der Waals surface area contributed by atoms with E-state index >= 15 is 0 Å². The lowest BCUT2D eigenvalue weighted by Gasteiger charge is -2.21. The van der Waals surface area contributed by atoms with Crippen LogP contribution in [0.1, 0.15) is 43.4 Å². The Kier molecular flexibility index (Phi) is 4.31. The minimum Gasteiger partial charge on any atom is -0.372 e. The Morgan fingerprint density at radius 2 is 2.06 bits per heavy atom. The van der Waals surface area contributed by atoms with Crippen molar-refractivity contribution in [3.8, 4) is 0 Å². The van der Waals surface area contributed by atoms with E-state index in [4.69, 9.17) is 10.5 Å². The molecule has 1 fully saturated rings. The monoisotopic (exact) mass is 220 g/mol. The summed E-state index contributed by atoms with van der Waals surface area (Å²) < 4.78 is 5.85. The van der Waals surface area contributed by atoms with Crippen molar-refractivity contribution in [2.24, 2.45) is 5.73 Å². The van der Waals surface area contributed by atoms with Gasteiger partial charge in [-0.05, 0) is 24.5 Å². The summed E-state index contributed by atoms with van der Waals surface area (Å²) in [6.45, 7) is 1.19. The zero-order chi connectivity index (χ0) is 11.2. The van der Waals surface area contributed by atoms with E-state index < -0.39 is 0 Å². The van der Waals surface area contributed by atoms with Crippen molar-refractivity contribution in [2.45, 2.75) is 51.4 Å². The molecule has 1 aliphatic rings. The lowest BCUT2D eigenvalue weighted by Crippen LogP contribution is -2.16. The average molecular weight is 220 g/mol. The van der Waals surface area contributed by atoms with Gasteiger partial charge < -0.3 is 10.5 Å². The number of nitrogens with two attached hydrogens (primary N) is 1. The highest BCUT2D eigenvalue weighted by atomic mass is 16.5. The molecule has 1 heterocycles. The van der Waals surface area contributed by atoms with Gasteiger partial charge >= 0.3 is 0 Å². The summed E-state index contributed by atoms with van der Waals surface area (Å²) in [7, 11) is 0. The molecule has 0 saturated heterocycles. The number of pyridine rings is 1. The third-order valence-electron chi connectivity index (χ3n) is 3.14. The molecular weight excluding hydrogens is 200 g/mol. The molecule has 2 N–H and O–H groups in total. The van der Waals surface area contributed by atoms with Crippen molar-refractivity contribution in [3.05, 3.63) is 29.6 Å². The van der Waals surface area contributed by atoms with Crippen LogP contribution in [0.25, 0.3) is 0 Å². The zero-order valence-corrected chi connectivity index (χ0v) is 9.69. The molecule has 1 aromatic rings. The molecule has 0 amide bonds. The first-order chi connectivity index (χ1) is 7.88. The maximum Gasteiger partial charge on any atom is 0.0891 e. The second-order valence-corrected chi connectivity index (χ2v) is 4.43. The molecule has 0 radical (unpaired) electrons. The molecule has 1 aromatic heterocycles. The average Bonchev–Trinajstić information content (AvgIpc) is 2.38. The molecule has 1 aliphatic carbocycles. The number of aromatic nitrogens is 1. The van der Waals surface area contributed by atoms with Crippen LogP contribution >= 0.6 is 0 Å². The van der Waals surface area contributed by atoms with E-state index in [-0.39, 0.29) is 0 Å². The molecule has 0 bridgehead atoms. The standard InChI is InChI=1S/C13H20N2O/c14-8-11-6-7-12(15-9-11)10-16-13-4-2-1-3-5-13/h6-7,9,13H,1-5,8,10,14H2. The first-order valence-electron chi connectivity index (χ1n) is 6.14. The van der Waals surface area contributed by atoms with Gasteiger partial charge in [-0.15, -0.1) is 0 Å². The summed E-state index contributed by atoms with van der Waals surface area (Å²) in [5.41, 5.74) is 7.59. The fraction of sp³-hybridized carbons (Fsp3) is 0.615. The third kappa shape index (κ3) is 3.29. The second-order valence-electron chi connectivity index (χ2n) is 4.43. The Bertz CT molecular complexity index is 304. The Hall–Kier alpha value is -0.930. The molecule has 1 saturated carbocycles. The number of hydrogen-bond acceptors (Lipinski definition) is 3. The quantitative estimate of drug-likeness (QED) is 0.847. The zero-order valence-electron chi connectivity index (χ0n) is 9.69.